The number of anilines is 1. The van der Waals surface area contributed by atoms with Gasteiger partial charge in [0.15, 0.2) is 0 Å². The third-order valence-corrected chi connectivity index (χ3v) is 4.42. The van der Waals surface area contributed by atoms with Crippen LogP contribution in [0.15, 0.2) is 73.3 Å². The maximum Gasteiger partial charge on any atom is 0.254 e. The van der Waals surface area contributed by atoms with Crippen molar-refractivity contribution in [2.45, 2.75) is 6.42 Å². The molecule has 0 saturated heterocycles. The topological polar surface area (TPSA) is 72.4 Å². The Bertz CT molecular complexity index is 1170. The maximum absolute atomic E-state index is 4.64. The summed E-state index contributed by atoms with van der Waals surface area (Å²) < 4.78 is 3.75. The monoisotopic (exact) mass is 355 g/mol. The van der Waals surface area contributed by atoms with Crippen LogP contribution in [0.25, 0.3) is 22.7 Å². The number of pyridine rings is 1. The molecule has 0 saturated carbocycles. The number of aromatic nitrogens is 6. The van der Waals surface area contributed by atoms with E-state index < -0.39 is 0 Å². The van der Waals surface area contributed by atoms with E-state index in [-0.39, 0.29) is 0 Å². The molecule has 0 aliphatic carbocycles. The number of fused-ring (bicyclic) bond motifs is 2. The first-order chi connectivity index (χ1) is 13.4. The van der Waals surface area contributed by atoms with Crippen molar-refractivity contribution < 1.29 is 0 Å². The Kier molecular flexibility index (Phi) is 3.75. The van der Waals surface area contributed by atoms with E-state index in [1.165, 1.54) is 6.33 Å². The SMILES string of the molecule is c1ccc(-c2cc(NCCc3cn4ccccc4n3)n3ncnc3n2)cc1. The molecular formula is C20H17N7. The van der Waals surface area contributed by atoms with E-state index in [0.717, 1.165) is 41.4 Å². The van der Waals surface area contributed by atoms with Gasteiger partial charge in [-0.3, -0.25) is 0 Å². The lowest BCUT2D eigenvalue weighted by Crippen LogP contribution is -2.10. The molecule has 0 unspecified atom stereocenters. The van der Waals surface area contributed by atoms with E-state index in [0.29, 0.717) is 5.78 Å². The van der Waals surface area contributed by atoms with E-state index in [2.05, 4.69) is 31.6 Å². The first-order valence-corrected chi connectivity index (χ1v) is 8.79. The van der Waals surface area contributed by atoms with Gasteiger partial charge in [-0.15, -0.1) is 0 Å². The van der Waals surface area contributed by atoms with E-state index in [1.807, 2.05) is 65.2 Å². The van der Waals surface area contributed by atoms with Crippen LogP contribution >= 0.6 is 0 Å². The van der Waals surface area contributed by atoms with Crippen molar-refractivity contribution in [2.75, 3.05) is 11.9 Å². The van der Waals surface area contributed by atoms with Crippen LogP contribution in [-0.2, 0) is 6.42 Å². The minimum absolute atomic E-state index is 0.576. The molecular weight excluding hydrogens is 338 g/mol. The fourth-order valence-corrected chi connectivity index (χ4v) is 3.12. The second-order valence-corrected chi connectivity index (χ2v) is 6.24. The molecule has 0 fully saturated rings. The highest BCUT2D eigenvalue weighted by atomic mass is 15.3. The Balaban J connectivity index is 1.40. The van der Waals surface area contributed by atoms with Crippen LogP contribution in [0.3, 0.4) is 0 Å². The molecule has 0 amide bonds. The van der Waals surface area contributed by atoms with Crippen LogP contribution in [0.5, 0.6) is 0 Å². The van der Waals surface area contributed by atoms with Gasteiger partial charge in [-0.25, -0.2) is 9.97 Å². The van der Waals surface area contributed by atoms with E-state index in [4.69, 9.17) is 0 Å². The molecule has 7 nitrogen and oxygen atoms in total. The summed E-state index contributed by atoms with van der Waals surface area (Å²) in [5.74, 6) is 1.44. The second kappa shape index (κ2) is 6.53. The van der Waals surface area contributed by atoms with E-state index >= 15 is 0 Å². The summed E-state index contributed by atoms with van der Waals surface area (Å²) in [7, 11) is 0. The summed E-state index contributed by atoms with van der Waals surface area (Å²) in [5.41, 5.74) is 3.92. The van der Waals surface area contributed by atoms with Crippen LogP contribution in [-0.4, -0.2) is 35.5 Å². The molecule has 7 heteroatoms. The van der Waals surface area contributed by atoms with Crippen molar-refractivity contribution in [3.05, 3.63) is 79.0 Å². The summed E-state index contributed by atoms with van der Waals surface area (Å²) in [6, 6.07) is 18.1. The lowest BCUT2D eigenvalue weighted by atomic mass is 10.1. The first kappa shape index (κ1) is 15.5. The summed E-state index contributed by atoms with van der Waals surface area (Å²) in [6.07, 6.45) is 6.39. The summed E-state index contributed by atoms with van der Waals surface area (Å²) in [4.78, 5) is 13.5. The lowest BCUT2D eigenvalue weighted by Gasteiger charge is -2.09. The zero-order valence-corrected chi connectivity index (χ0v) is 14.5. The molecule has 0 atom stereocenters. The average Bonchev–Trinajstić information content (AvgIpc) is 3.35. The quantitative estimate of drug-likeness (QED) is 0.524. The Morgan fingerprint density at radius 1 is 0.963 bits per heavy atom. The van der Waals surface area contributed by atoms with Crippen molar-refractivity contribution in [1.29, 1.82) is 0 Å². The van der Waals surface area contributed by atoms with Gasteiger partial charge in [0, 0.05) is 37.0 Å². The predicted octanol–water partition coefficient (Wildman–Crippen LogP) is 3.09. The highest BCUT2D eigenvalue weighted by Gasteiger charge is 2.09. The summed E-state index contributed by atoms with van der Waals surface area (Å²) in [6.45, 7) is 0.733. The minimum atomic E-state index is 0.576. The smallest absolute Gasteiger partial charge is 0.254 e. The van der Waals surface area contributed by atoms with Crippen LogP contribution in [0, 0.1) is 0 Å². The Labute approximate surface area is 155 Å². The van der Waals surface area contributed by atoms with Crippen molar-refractivity contribution in [3.63, 3.8) is 0 Å². The molecule has 0 bridgehead atoms. The van der Waals surface area contributed by atoms with E-state index in [1.54, 1.807) is 4.52 Å². The number of nitrogens with one attached hydrogen (secondary N) is 1. The molecule has 1 aromatic carbocycles. The van der Waals surface area contributed by atoms with Crippen molar-refractivity contribution in [2.24, 2.45) is 0 Å². The van der Waals surface area contributed by atoms with Gasteiger partial charge >= 0.3 is 0 Å². The highest BCUT2D eigenvalue weighted by molar-refractivity contribution is 5.65. The van der Waals surface area contributed by atoms with Gasteiger partial charge in [-0.05, 0) is 12.1 Å². The third kappa shape index (κ3) is 2.99. The standard InChI is InChI=1S/C20H17N7/c1-2-6-15(7-3-1)17-12-19(27-20(25-17)22-14-23-27)21-10-9-16-13-26-11-5-4-8-18(26)24-16/h1-8,11-14,21H,9-10H2. The van der Waals surface area contributed by atoms with Gasteiger partial charge < -0.3 is 9.72 Å². The van der Waals surface area contributed by atoms with Gasteiger partial charge in [-0.1, -0.05) is 36.4 Å². The predicted molar refractivity (Wildman–Crippen MR) is 104 cm³/mol. The Morgan fingerprint density at radius 2 is 1.85 bits per heavy atom. The second-order valence-electron chi connectivity index (χ2n) is 6.24. The fraction of sp³-hybridized carbons (Fsp3) is 0.100. The number of hydrogen-bond donors (Lipinski definition) is 1. The molecule has 5 rings (SSSR count). The fourth-order valence-electron chi connectivity index (χ4n) is 3.12. The average molecular weight is 355 g/mol. The molecule has 132 valence electrons. The molecule has 1 N–H and O–H groups in total. The lowest BCUT2D eigenvalue weighted by molar-refractivity contribution is 0.906. The van der Waals surface area contributed by atoms with Crippen molar-refractivity contribution >= 4 is 17.2 Å². The highest BCUT2D eigenvalue weighted by Crippen LogP contribution is 2.21. The van der Waals surface area contributed by atoms with Gasteiger partial charge in [0.1, 0.15) is 17.8 Å². The third-order valence-electron chi connectivity index (χ3n) is 4.42. The Morgan fingerprint density at radius 3 is 2.74 bits per heavy atom. The van der Waals surface area contributed by atoms with Gasteiger partial charge in [0.25, 0.3) is 5.78 Å². The minimum Gasteiger partial charge on any atom is -0.369 e. The van der Waals surface area contributed by atoms with Crippen LogP contribution < -0.4 is 5.32 Å². The molecule has 0 spiro atoms. The molecule has 4 heterocycles. The molecule has 4 aromatic heterocycles. The summed E-state index contributed by atoms with van der Waals surface area (Å²) >= 11 is 0. The van der Waals surface area contributed by atoms with Gasteiger partial charge in [-0.2, -0.15) is 14.6 Å². The van der Waals surface area contributed by atoms with Crippen LogP contribution in [0.4, 0.5) is 5.82 Å². The van der Waals surface area contributed by atoms with Crippen LogP contribution in [0.2, 0.25) is 0 Å². The maximum atomic E-state index is 4.64. The number of rotatable bonds is 5. The number of benzene rings is 1. The van der Waals surface area contributed by atoms with Gasteiger partial charge in [0.2, 0.25) is 0 Å². The molecule has 0 aliphatic heterocycles. The molecule has 0 aliphatic rings. The molecule has 0 radical (unpaired) electrons. The zero-order valence-electron chi connectivity index (χ0n) is 14.5. The molecule has 5 aromatic rings. The Hall–Kier alpha value is -3.74. The van der Waals surface area contributed by atoms with Crippen molar-refractivity contribution in [1.82, 2.24) is 29.0 Å². The molecule has 27 heavy (non-hydrogen) atoms. The van der Waals surface area contributed by atoms with Crippen LogP contribution in [0.1, 0.15) is 5.69 Å². The normalized spacial score (nSPS) is 11.3. The first-order valence-electron chi connectivity index (χ1n) is 8.79. The van der Waals surface area contributed by atoms with Gasteiger partial charge in [0.05, 0.1) is 11.4 Å². The van der Waals surface area contributed by atoms with E-state index in [9.17, 15) is 0 Å². The largest absolute Gasteiger partial charge is 0.369 e. The number of nitrogens with zero attached hydrogens (tertiary/aromatic N) is 6. The van der Waals surface area contributed by atoms with Crippen molar-refractivity contribution in [3.8, 4) is 11.3 Å². The number of imidazole rings is 1. The number of hydrogen-bond acceptors (Lipinski definition) is 5. The summed E-state index contributed by atoms with van der Waals surface area (Å²) in [5, 5.41) is 7.72. The zero-order chi connectivity index (χ0) is 18.1.